The van der Waals surface area contributed by atoms with E-state index in [1.807, 2.05) is 36.4 Å². The first-order valence-electron chi connectivity index (χ1n) is 8.82. The Morgan fingerprint density at radius 2 is 1.86 bits per heavy atom. The van der Waals surface area contributed by atoms with Gasteiger partial charge in [0.1, 0.15) is 0 Å². The second kappa shape index (κ2) is 11.4. The number of para-hydroxylation sites is 1. The number of rotatable bonds is 9. The van der Waals surface area contributed by atoms with Crippen molar-refractivity contribution in [2.24, 2.45) is 0 Å². The largest absolute Gasteiger partial charge is 0.452 e. The highest BCUT2D eigenvalue weighted by atomic mass is 35.5. The van der Waals surface area contributed by atoms with Crippen LogP contribution >= 0.6 is 23.4 Å². The highest BCUT2D eigenvalue weighted by Crippen LogP contribution is 2.21. The quantitative estimate of drug-likeness (QED) is 0.437. The van der Waals surface area contributed by atoms with Crippen LogP contribution in [0.3, 0.4) is 0 Å². The molecule has 2 rings (SSSR count). The molecule has 0 bridgehead atoms. The summed E-state index contributed by atoms with van der Waals surface area (Å²) in [5, 5.41) is 9.51. The van der Waals surface area contributed by atoms with Gasteiger partial charge in [-0.1, -0.05) is 29.8 Å². The SMILES string of the molecule is CC(OC(=O)CCSc1ccc(Cl)cc1)C(=O)N(CCC#N)c1ccccc1. The number of anilines is 1. The molecule has 2 aromatic rings. The maximum absolute atomic E-state index is 12.7. The van der Waals surface area contributed by atoms with E-state index in [0.717, 1.165) is 4.90 Å². The fraction of sp³-hybridized carbons (Fsp3) is 0.286. The van der Waals surface area contributed by atoms with Crippen LogP contribution in [-0.4, -0.2) is 30.3 Å². The summed E-state index contributed by atoms with van der Waals surface area (Å²) in [4.78, 5) is 27.3. The van der Waals surface area contributed by atoms with Crippen molar-refractivity contribution in [3.05, 3.63) is 59.6 Å². The Balaban J connectivity index is 1.87. The van der Waals surface area contributed by atoms with Gasteiger partial charge in [-0.3, -0.25) is 9.59 Å². The second-order valence-corrected chi connectivity index (χ2v) is 7.52. The standard InChI is InChI=1S/C21H21ClN2O3S/c1-16(21(26)24(14-5-13-23)18-6-3-2-4-7-18)27-20(25)12-15-28-19-10-8-17(22)9-11-19/h2-4,6-11,16H,5,12,14-15H2,1H3. The minimum atomic E-state index is -0.924. The zero-order valence-electron chi connectivity index (χ0n) is 15.5. The van der Waals surface area contributed by atoms with Gasteiger partial charge in [0.25, 0.3) is 5.91 Å². The number of hydrogen-bond acceptors (Lipinski definition) is 5. The van der Waals surface area contributed by atoms with Crippen molar-refractivity contribution in [3.8, 4) is 6.07 Å². The predicted octanol–water partition coefficient (Wildman–Crippen LogP) is 4.70. The van der Waals surface area contributed by atoms with E-state index in [-0.39, 0.29) is 25.3 Å². The molecular weight excluding hydrogens is 396 g/mol. The Kier molecular flexibility index (Phi) is 8.86. The van der Waals surface area contributed by atoms with E-state index in [9.17, 15) is 9.59 Å². The summed E-state index contributed by atoms with van der Waals surface area (Å²) >= 11 is 7.36. The number of carbonyl (C=O) groups is 2. The van der Waals surface area contributed by atoms with Crippen LogP contribution in [0.4, 0.5) is 5.69 Å². The van der Waals surface area contributed by atoms with Crippen molar-refractivity contribution >= 4 is 40.9 Å². The topological polar surface area (TPSA) is 70.4 Å². The van der Waals surface area contributed by atoms with Gasteiger partial charge in [-0.05, 0) is 43.3 Å². The van der Waals surface area contributed by atoms with Crippen molar-refractivity contribution in [1.29, 1.82) is 5.26 Å². The predicted molar refractivity (Wildman–Crippen MR) is 111 cm³/mol. The monoisotopic (exact) mass is 416 g/mol. The van der Waals surface area contributed by atoms with Crippen LogP contribution in [0.1, 0.15) is 19.8 Å². The van der Waals surface area contributed by atoms with E-state index in [1.165, 1.54) is 16.7 Å². The lowest BCUT2D eigenvalue weighted by atomic mass is 10.2. The maximum Gasteiger partial charge on any atom is 0.307 e. The normalized spacial score (nSPS) is 11.3. The van der Waals surface area contributed by atoms with Gasteiger partial charge in [0.2, 0.25) is 0 Å². The first-order valence-corrected chi connectivity index (χ1v) is 10.2. The Bertz CT molecular complexity index is 822. The van der Waals surface area contributed by atoms with Crippen LogP contribution < -0.4 is 4.90 Å². The number of amides is 1. The Labute approximate surface area is 174 Å². The maximum atomic E-state index is 12.7. The number of benzene rings is 2. The number of hydrogen-bond donors (Lipinski definition) is 0. The molecule has 0 aliphatic rings. The molecule has 146 valence electrons. The smallest absolute Gasteiger partial charge is 0.307 e. The first-order chi connectivity index (χ1) is 13.5. The van der Waals surface area contributed by atoms with Gasteiger partial charge in [-0.2, -0.15) is 5.26 Å². The molecule has 1 amide bonds. The van der Waals surface area contributed by atoms with E-state index in [1.54, 1.807) is 31.2 Å². The number of thioether (sulfide) groups is 1. The zero-order chi connectivity index (χ0) is 20.4. The van der Waals surface area contributed by atoms with Gasteiger partial charge in [0.15, 0.2) is 6.10 Å². The molecule has 2 aromatic carbocycles. The Hall–Kier alpha value is -2.49. The molecule has 0 saturated carbocycles. The van der Waals surface area contributed by atoms with Gasteiger partial charge >= 0.3 is 5.97 Å². The second-order valence-electron chi connectivity index (χ2n) is 5.92. The van der Waals surface area contributed by atoms with Crippen LogP contribution in [0.5, 0.6) is 0 Å². The third-order valence-electron chi connectivity index (χ3n) is 3.83. The first kappa shape index (κ1) is 21.8. The van der Waals surface area contributed by atoms with Crippen LogP contribution in [0, 0.1) is 11.3 Å². The van der Waals surface area contributed by atoms with Crippen molar-refractivity contribution in [1.82, 2.24) is 0 Å². The van der Waals surface area contributed by atoms with Gasteiger partial charge in [0.05, 0.1) is 18.9 Å². The molecule has 5 nitrogen and oxygen atoms in total. The van der Waals surface area contributed by atoms with Crippen molar-refractivity contribution in [3.63, 3.8) is 0 Å². The average molecular weight is 417 g/mol. The molecule has 0 spiro atoms. The van der Waals surface area contributed by atoms with Crippen molar-refractivity contribution < 1.29 is 14.3 Å². The summed E-state index contributed by atoms with van der Waals surface area (Å²) in [6.45, 7) is 1.79. The van der Waals surface area contributed by atoms with Crippen molar-refractivity contribution in [2.75, 3.05) is 17.2 Å². The van der Waals surface area contributed by atoms with E-state index in [4.69, 9.17) is 21.6 Å². The minimum Gasteiger partial charge on any atom is -0.452 e. The highest BCUT2D eigenvalue weighted by molar-refractivity contribution is 7.99. The number of ether oxygens (including phenoxy) is 1. The molecule has 0 heterocycles. The molecule has 0 aliphatic carbocycles. The molecular formula is C21H21ClN2O3S. The fourth-order valence-corrected chi connectivity index (χ4v) is 3.40. The summed E-state index contributed by atoms with van der Waals surface area (Å²) in [5.41, 5.74) is 0.670. The molecule has 0 fully saturated rings. The molecule has 1 unspecified atom stereocenters. The molecule has 28 heavy (non-hydrogen) atoms. The third-order valence-corrected chi connectivity index (χ3v) is 5.09. The Morgan fingerprint density at radius 3 is 2.50 bits per heavy atom. The van der Waals surface area contributed by atoms with Crippen LogP contribution in [-0.2, 0) is 14.3 Å². The molecule has 7 heteroatoms. The number of nitrogens with zero attached hydrogens (tertiary/aromatic N) is 2. The van der Waals surface area contributed by atoms with Gasteiger partial charge < -0.3 is 9.64 Å². The molecule has 0 aliphatic heterocycles. The third kappa shape index (κ3) is 6.91. The van der Waals surface area contributed by atoms with Crippen LogP contribution in [0.2, 0.25) is 5.02 Å². The van der Waals surface area contributed by atoms with Crippen LogP contribution in [0.25, 0.3) is 0 Å². The average Bonchev–Trinajstić information content (AvgIpc) is 2.70. The lowest BCUT2D eigenvalue weighted by Crippen LogP contribution is -2.40. The van der Waals surface area contributed by atoms with E-state index >= 15 is 0 Å². The van der Waals surface area contributed by atoms with Gasteiger partial charge in [0, 0.05) is 27.9 Å². The molecule has 1 atom stereocenters. The summed E-state index contributed by atoms with van der Waals surface area (Å²) in [6, 6.07) is 18.4. The number of carbonyl (C=O) groups excluding carboxylic acids is 2. The number of esters is 1. The number of halogens is 1. The molecule has 0 saturated heterocycles. The summed E-state index contributed by atoms with van der Waals surface area (Å²) in [5.74, 6) is -0.242. The lowest BCUT2D eigenvalue weighted by Gasteiger charge is -2.25. The van der Waals surface area contributed by atoms with E-state index in [2.05, 4.69) is 0 Å². The Morgan fingerprint density at radius 1 is 1.18 bits per heavy atom. The minimum absolute atomic E-state index is 0.189. The summed E-state index contributed by atoms with van der Waals surface area (Å²) in [6.07, 6.45) is -0.542. The van der Waals surface area contributed by atoms with E-state index < -0.39 is 12.1 Å². The lowest BCUT2D eigenvalue weighted by molar-refractivity contribution is -0.153. The van der Waals surface area contributed by atoms with Gasteiger partial charge in [-0.25, -0.2) is 0 Å². The van der Waals surface area contributed by atoms with E-state index in [0.29, 0.717) is 16.5 Å². The zero-order valence-corrected chi connectivity index (χ0v) is 17.1. The molecule has 0 N–H and O–H groups in total. The highest BCUT2D eigenvalue weighted by Gasteiger charge is 2.24. The molecule has 0 aromatic heterocycles. The summed E-state index contributed by atoms with van der Waals surface area (Å²) in [7, 11) is 0. The van der Waals surface area contributed by atoms with Crippen LogP contribution in [0.15, 0.2) is 59.5 Å². The van der Waals surface area contributed by atoms with Gasteiger partial charge in [-0.15, -0.1) is 11.8 Å². The number of nitriles is 1. The summed E-state index contributed by atoms with van der Waals surface area (Å²) < 4.78 is 5.30. The van der Waals surface area contributed by atoms with Crippen molar-refractivity contribution in [2.45, 2.75) is 30.8 Å². The molecule has 0 radical (unpaired) electrons. The fourth-order valence-electron chi connectivity index (χ4n) is 2.45.